The van der Waals surface area contributed by atoms with Gasteiger partial charge in [0.05, 0.1) is 6.04 Å². The second-order valence-corrected chi connectivity index (χ2v) is 7.81. The van der Waals surface area contributed by atoms with E-state index in [1.165, 1.54) is 4.90 Å². The van der Waals surface area contributed by atoms with Gasteiger partial charge in [-0.2, -0.15) is 0 Å². The molecule has 0 bridgehead atoms. The molecule has 1 aliphatic rings. The van der Waals surface area contributed by atoms with Gasteiger partial charge in [-0.25, -0.2) is 9.69 Å². The van der Waals surface area contributed by atoms with Crippen LogP contribution in [0.25, 0.3) is 0 Å². The highest BCUT2D eigenvalue weighted by molar-refractivity contribution is 5.95. The Bertz CT molecular complexity index is 978. The number of carbonyl (C=O) groups excluding carboxylic acids is 2. The molecule has 0 aromatic heterocycles. The van der Waals surface area contributed by atoms with Gasteiger partial charge in [-0.15, -0.1) is 0 Å². The lowest BCUT2D eigenvalue weighted by molar-refractivity contribution is -0.133. The lowest BCUT2D eigenvalue weighted by Crippen LogP contribution is -2.46. The van der Waals surface area contributed by atoms with Crippen molar-refractivity contribution in [1.82, 2.24) is 4.90 Å². The fourth-order valence-corrected chi connectivity index (χ4v) is 4.32. The minimum atomic E-state index is -1.04. The van der Waals surface area contributed by atoms with Crippen molar-refractivity contribution < 1.29 is 14.3 Å². The Morgan fingerprint density at radius 1 is 0.900 bits per heavy atom. The van der Waals surface area contributed by atoms with Crippen LogP contribution in [0.3, 0.4) is 0 Å². The van der Waals surface area contributed by atoms with Crippen LogP contribution in [0.4, 0.5) is 4.79 Å². The van der Waals surface area contributed by atoms with Crippen LogP contribution in [0.1, 0.15) is 30.5 Å². The number of imide groups is 1. The van der Waals surface area contributed by atoms with Gasteiger partial charge in [0, 0.05) is 17.0 Å². The van der Waals surface area contributed by atoms with Gasteiger partial charge in [0.15, 0.2) is 5.60 Å². The molecule has 152 valence electrons. The lowest BCUT2D eigenvalue weighted by Gasteiger charge is -2.33. The Hall–Kier alpha value is -3.40. The highest BCUT2D eigenvalue weighted by Gasteiger charge is 2.56. The molecule has 3 aromatic rings. The van der Waals surface area contributed by atoms with Crippen molar-refractivity contribution in [2.24, 2.45) is 5.92 Å². The van der Waals surface area contributed by atoms with Gasteiger partial charge in [0.1, 0.15) is 0 Å². The molecule has 0 N–H and O–H groups in total. The van der Waals surface area contributed by atoms with Crippen molar-refractivity contribution in [1.29, 1.82) is 0 Å². The summed E-state index contributed by atoms with van der Waals surface area (Å²) in [6.45, 7) is 3.75. The fraction of sp³-hybridized carbons (Fsp3) is 0.231. The number of ether oxygens (including phenoxy) is 1. The third-order valence-corrected chi connectivity index (χ3v) is 5.87. The first kappa shape index (κ1) is 19.9. The average Bonchev–Trinajstić information content (AvgIpc) is 3.06. The van der Waals surface area contributed by atoms with Crippen molar-refractivity contribution in [3.63, 3.8) is 0 Å². The minimum Gasteiger partial charge on any atom is -0.430 e. The Labute approximate surface area is 177 Å². The van der Waals surface area contributed by atoms with Crippen LogP contribution < -0.4 is 0 Å². The van der Waals surface area contributed by atoms with E-state index in [-0.39, 0.29) is 11.8 Å². The first-order valence-corrected chi connectivity index (χ1v) is 10.2. The number of hydrogen-bond donors (Lipinski definition) is 0. The van der Waals surface area contributed by atoms with E-state index in [9.17, 15) is 9.59 Å². The summed E-state index contributed by atoms with van der Waals surface area (Å²) >= 11 is 0. The third-order valence-electron chi connectivity index (χ3n) is 5.87. The van der Waals surface area contributed by atoms with Crippen LogP contribution in [0, 0.1) is 5.92 Å². The van der Waals surface area contributed by atoms with Gasteiger partial charge >= 0.3 is 6.09 Å². The van der Waals surface area contributed by atoms with Crippen LogP contribution in [0.15, 0.2) is 91.0 Å². The normalized spacial score (nSPS) is 18.7. The van der Waals surface area contributed by atoms with E-state index in [0.717, 1.165) is 16.7 Å². The highest BCUT2D eigenvalue weighted by atomic mass is 16.6. The summed E-state index contributed by atoms with van der Waals surface area (Å²) in [4.78, 5) is 27.7. The van der Waals surface area contributed by atoms with E-state index >= 15 is 0 Å². The van der Waals surface area contributed by atoms with Gasteiger partial charge in [-0.1, -0.05) is 97.9 Å². The molecule has 0 aliphatic carbocycles. The van der Waals surface area contributed by atoms with Crippen LogP contribution in [0.5, 0.6) is 0 Å². The van der Waals surface area contributed by atoms with E-state index in [0.29, 0.717) is 6.42 Å². The summed E-state index contributed by atoms with van der Waals surface area (Å²) in [7, 11) is 0. The zero-order chi connectivity index (χ0) is 21.1. The molecule has 0 unspecified atom stereocenters. The molecule has 0 spiro atoms. The maximum absolute atomic E-state index is 13.3. The second-order valence-electron chi connectivity index (χ2n) is 7.81. The number of benzene rings is 3. The van der Waals surface area contributed by atoms with Crippen LogP contribution in [0.2, 0.25) is 0 Å². The van der Waals surface area contributed by atoms with E-state index in [4.69, 9.17) is 4.74 Å². The summed E-state index contributed by atoms with van der Waals surface area (Å²) in [6, 6.07) is 28.7. The zero-order valence-corrected chi connectivity index (χ0v) is 17.2. The SMILES string of the molecule is C[C@H](Cc1ccccc1)C(=O)N1C(=O)OC(c2ccccc2)(c2ccccc2)[C@H]1C. The minimum absolute atomic E-state index is 0.218. The molecule has 2 amide bonds. The Balaban J connectivity index is 1.70. The number of rotatable bonds is 5. The largest absolute Gasteiger partial charge is 0.430 e. The second kappa shape index (κ2) is 8.15. The van der Waals surface area contributed by atoms with Gasteiger partial charge in [-0.05, 0) is 18.9 Å². The van der Waals surface area contributed by atoms with Crippen LogP contribution in [-0.4, -0.2) is 22.9 Å². The van der Waals surface area contributed by atoms with Crippen molar-refractivity contribution in [2.45, 2.75) is 31.9 Å². The molecule has 3 aromatic carbocycles. The molecule has 1 heterocycles. The third kappa shape index (κ3) is 3.39. The summed E-state index contributed by atoms with van der Waals surface area (Å²) in [5, 5.41) is 0. The number of nitrogens with zero attached hydrogens (tertiary/aromatic N) is 1. The molecule has 2 atom stereocenters. The standard InChI is InChI=1S/C26H25NO3/c1-19(18-21-12-6-3-7-13-21)24(28)27-20(2)26(30-25(27)29,22-14-8-4-9-15-22)23-16-10-5-11-17-23/h3-17,19-20H,18H2,1-2H3/t19-,20-/m1/s1. The lowest BCUT2D eigenvalue weighted by atomic mass is 9.80. The topological polar surface area (TPSA) is 46.6 Å². The van der Waals surface area contributed by atoms with Gasteiger partial charge in [-0.3, -0.25) is 4.79 Å². The predicted octanol–water partition coefficient (Wildman–Crippen LogP) is 5.18. The maximum atomic E-state index is 13.3. The van der Waals surface area contributed by atoms with E-state index in [1.807, 2.05) is 105 Å². The fourth-order valence-electron chi connectivity index (χ4n) is 4.32. The Morgan fingerprint density at radius 2 is 1.37 bits per heavy atom. The van der Waals surface area contributed by atoms with Crippen LogP contribution in [-0.2, 0) is 21.6 Å². The van der Waals surface area contributed by atoms with E-state index in [2.05, 4.69) is 0 Å². The predicted molar refractivity (Wildman–Crippen MR) is 116 cm³/mol. The van der Waals surface area contributed by atoms with Crippen molar-refractivity contribution in [2.75, 3.05) is 0 Å². The van der Waals surface area contributed by atoms with Crippen molar-refractivity contribution in [3.05, 3.63) is 108 Å². The summed E-state index contributed by atoms with van der Waals surface area (Å²) in [6.07, 6.45) is -0.0278. The van der Waals surface area contributed by atoms with E-state index < -0.39 is 17.7 Å². The Morgan fingerprint density at radius 3 is 1.87 bits per heavy atom. The quantitative estimate of drug-likeness (QED) is 0.594. The zero-order valence-electron chi connectivity index (χ0n) is 17.2. The summed E-state index contributed by atoms with van der Waals surface area (Å²) in [5.74, 6) is -0.560. The van der Waals surface area contributed by atoms with Crippen LogP contribution >= 0.6 is 0 Å². The number of hydrogen-bond acceptors (Lipinski definition) is 3. The van der Waals surface area contributed by atoms with E-state index in [1.54, 1.807) is 0 Å². The Kier molecular flexibility index (Phi) is 5.40. The first-order chi connectivity index (χ1) is 14.5. The van der Waals surface area contributed by atoms with Gasteiger partial charge < -0.3 is 4.74 Å². The molecule has 1 aliphatic heterocycles. The number of amides is 2. The summed E-state index contributed by atoms with van der Waals surface area (Å²) < 4.78 is 6.03. The molecule has 4 heteroatoms. The molecule has 1 fully saturated rings. The van der Waals surface area contributed by atoms with Crippen molar-refractivity contribution in [3.8, 4) is 0 Å². The summed E-state index contributed by atoms with van der Waals surface area (Å²) in [5.41, 5.74) is 1.73. The van der Waals surface area contributed by atoms with Gasteiger partial charge in [0.25, 0.3) is 0 Å². The molecule has 4 rings (SSSR count). The number of carbonyl (C=O) groups is 2. The molecular formula is C26H25NO3. The number of cyclic esters (lactones) is 1. The first-order valence-electron chi connectivity index (χ1n) is 10.2. The smallest absolute Gasteiger partial charge is 0.418 e. The molecule has 30 heavy (non-hydrogen) atoms. The monoisotopic (exact) mass is 399 g/mol. The molecule has 0 saturated carbocycles. The molecular weight excluding hydrogens is 374 g/mol. The average molecular weight is 399 g/mol. The molecule has 0 radical (unpaired) electrons. The molecule has 4 nitrogen and oxygen atoms in total. The van der Waals surface area contributed by atoms with Crippen molar-refractivity contribution >= 4 is 12.0 Å². The highest BCUT2D eigenvalue weighted by Crippen LogP contribution is 2.44. The van der Waals surface area contributed by atoms with Gasteiger partial charge in [0.2, 0.25) is 5.91 Å². The molecule has 1 saturated heterocycles. The maximum Gasteiger partial charge on any atom is 0.418 e.